The molecule has 2 aromatic rings. The second-order valence-electron chi connectivity index (χ2n) is 2.52. The van der Waals surface area contributed by atoms with Crippen molar-refractivity contribution in [3.63, 3.8) is 0 Å². The standard InChI is InChI=1S/C7H6FN3O/c1-11-2-4(8)5-6(11)9-3-10-7(5)12/h2-3H,1H3,(H,9,10,12). The van der Waals surface area contributed by atoms with Crippen molar-refractivity contribution in [1.29, 1.82) is 0 Å². The zero-order valence-corrected chi connectivity index (χ0v) is 6.34. The van der Waals surface area contributed by atoms with E-state index in [1.54, 1.807) is 7.05 Å². The fraction of sp³-hybridized carbons (Fsp3) is 0.143. The summed E-state index contributed by atoms with van der Waals surface area (Å²) in [5.41, 5.74) is -0.0886. The Balaban J connectivity index is 3.09. The molecule has 2 rings (SSSR count). The summed E-state index contributed by atoms with van der Waals surface area (Å²) in [6.45, 7) is 0. The summed E-state index contributed by atoms with van der Waals surface area (Å²) < 4.78 is 14.5. The number of hydrogen-bond donors (Lipinski definition) is 1. The first-order chi connectivity index (χ1) is 5.70. The van der Waals surface area contributed by atoms with E-state index < -0.39 is 11.4 Å². The third-order valence-corrected chi connectivity index (χ3v) is 1.71. The molecule has 0 aliphatic carbocycles. The van der Waals surface area contributed by atoms with E-state index in [0.29, 0.717) is 5.65 Å². The van der Waals surface area contributed by atoms with Gasteiger partial charge in [-0.1, -0.05) is 0 Å². The summed E-state index contributed by atoms with van der Waals surface area (Å²) >= 11 is 0. The van der Waals surface area contributed by atoms with Gasteiger partial charge in [-0.25, -0.2) is 9.37 Å². The molecule has 1 N–H and O–H groups in total. The molecule has 4 nitrogen and oxygen atoms in total. The molecule has 12 heavy (non-hydrogen) atoms. The van der Waals surface area contributed by atoms with Crippen molar-refractivity contribution in [1.82, 2.24) is 14.5 Å². The Hall–Kier alpha value is -1.65. The Labute approximate surface area is 66.7 Å². The molecule has 0 aliphatic rings. The van der Waals surface area contributed by atoms with Crippen LogP contribution in [0.15, 0.2) is 17.3 Å². The number of aromatic amines is 1. The van der Waals surface area contributed by atoms with Crippen molar-refractivity contribution >= 4 is 11.0 Å². The molecule has 0 saturated carbocycles. The number of halogens is 1. The molecule has 0 radical (unpaired) electrons. The molecule has 0 atom stereocenters. The van der Waals surface area contributed by atoms with Crippen LogP contribution >= 0.6 is 0 Å². The molecular formula is C7H6FN3O. The molecule has 0 spiro atoms. The number of hydrogen-bond acceptors (Lipinski definition) is 2. The van der Waals surface area contributed by atoms with Gasteiger partial charge in [0.1, 0.15) is 11.0 Å². The summed E-state index contributed by atoms with van der Waals surface area (Å²) in [5.74, 6) is -0.540. The van der Waals surface area contributed by atoms with E-state index in [-0.39, 0.29) is 5.39 Å². The molecule has 2 heterocycles. The van der Waals surface area contributed by atoms with E-state index in [1.807, 2.05) is 0 Å². The third kappa shape index (κ3) is 0.761. The molecule has 0 aliphatic heterocycles. The molecule has 0 aromatic carbocycles. The van der Waals surface area contributed by atoms with Crippen molar-refractivity contribution in [2.24, 2.45) is 7.05 Å². The summed E-state index contributed by atoms with van der Waals surface area (Å²) in [7, 11) is 1.64. The lowest BCUT2D eigenvalue weighted by Crippen LogP contribution is -2.06. The van der Waals surface area contributed by atoms with Crippen molar-refractivity contribution in [3.05, 3.63) is 28.7 Å². The minimum Gasteiger partial charge on any atom is -0.332 e. The van der Waals surface area contributed by atoms with Gasteiger partial charge in [-0.3, -0.25) is 4.79 Å². The van der Waals surface area contributed by atoms with E-state index >= 15 is 0 Å². The number of nitrogens with one attached hydrogen (secondary N) is 1. The number of fused-ring (bicyclic) bond motifs is 1. The summed E-state index contributed by atoms with van der Waals surface area (Å²) in [5, 5.41) is 0.0139. The van der Waals surface area contributed by atoms with Gasteiger partial charge in [0.05, 0.1) is 6.33 Å². The van der Waals surface area contributed by atoms with Crippen LogP contribution in [0.3, 0.4) is 0 Å². The maximum atomic E-state index is 13.0. The minimum absolute atomic E-state index is 0.0139. The maximum absolute atomic E-state index is 13.0. The van der Waals surface area contributed by atoms with E-state index in [4.69, 9.17) is 0 Å². The Kier molecular flexibility index (Phi) is 1.27. The fourth-order valence-corrected chi connectivity index (χ4v) is 1.17. The van der Waals surface area contributed by atoms with Gasteiger partial charge in [0.2, 0.25) is 0 Å². The molecule has 0 amide bonds. The van der Waals surface area contributed by atoms with Crippen LogP contribution in [0.4, 0.5) is 4.39 Å². The van der Waals surface area contributed by atoms with E-state index in [0.717, 1.165) is 0 Å². The van der Waals surface area contributed by atoms with Crippen LogP contribution < -0.4 is 5.56 Å². The van der Waals surface area contributed by atoms with Crippen molar-refractivity contribution in [2.75, 3.05) is 0 Å². The van der Waals surface area contributed by atoms with Crippen molar-refractivity contribution in [3.8, 4) is 0 Å². The largest absolute Gasteiger partial charge is 0.332 e. The Morgan fingerprint density at radius 2 is 2.42 bits per heavy atom. The lowest BCUT2D eigenvalue weighted by atomic mass is 10.4. The lowest BCUT2D eigenvalue weighted by molar-refractivity contribution is 0.632. The highest BCUT2D eigenvalue weighted by molar-refractivity contribution is 5.75. The van der Waals surface area contributed by atoms with Gasteiger partial charge in [-0.2, -0.15) is 0 Å². The average Bonchev–Trinajstić information content (AvgIpc) is 2.29. The SMILES string of the molecule is Cn1cc(F)c2c(=O)[nH]cnc21. The molecule has 62 valence electrons. The highest BCUT2D eigenvalue weighted by Crippen LogP contribution is 2.10. The number of aromatic nitrogens is 3. The Morgan fingerprint density at radius 3 is 3.08 bits per heavy atom. The van der Waals surface area contributed by atoms with Crippen molar-refractivity contribution in [2.45, 2.75) is 0 Å². The quantitative estimate of drug-likeness (QED) is 0.617. The molecule has 2 aromatic heterocycles. The predicted molar refractivity (Wildman–Crippen MR) is 41.3 cm³/mol. The summed E-state index contributed by atoms with van der Waals surface area (Å²) in [6, 6.07) is 0. The zero-order valence-electron chi connectivity index (χ0n) is 6.34. The second kappa shape index (κ2) is 2.17. The van der Waals surface area contributed by atoms with Gasteiger partial charge in [-0.05, 0) is 0 Å². The third-order valence-electron chi connectivity index (χ3n) is 1.71. The van der Waals surface area contributed by atoms with Gasteiger partial charge in [-0.15, -0.1) is 0 Å². The highest BCUT2D eigenvalue weighted by atomic mass is 19.1. The van der Waals surface area contributed by atoms with Gasteiger partial charge in [0.15, 0.2) is 5.82 Å². The molecule has 0 bridgehead atoms. The molecule has 0 saturated heterocycles. The lowest BCUT2D eigenvalue weighted by Gasteiger charge is -1.90. The Bertz CT molecular complexity index is 485. The van der Waals surface area contributed by atoms with Crippen LogP contribution in [-0.2, 0) is 7.05 Å². The van der Waals surface area contributed by atoms with Gasteiger partial charge in [0.25, 0.3) is 5.56 Å². The zero-order chi connectivity index (χ0) is 8.72. The van der Waals surface area contributed by atoms with E-state index in [1.165, 1.54) is 17.1 Å². The van der Waals surface area contributed by atoms with Crippen LogP contribution in [0.5, 0.6) is 0 Å². The normalized spacial score (nSPS) is 10.8. The smallest absolute Gasteiger partial charge is 0.263 e. The number of nitrogens with zero attached hydrogens (tertiary/aromatic N) is 2. The summed E-state index contributed by atoms with van der Waals surface area (Å²) in [6.07, 6.45) is 2.48. The van der Waals surface area contributed by atoms with Gasteiger partial charge >= 0.3 is 0 Å². The number of H-pyrrole nitrogens is 1. The van der Waals surface area contributed by atoms with Crippen LogP contribution in [-0.4, -0.2) is 14.5 Å². The fourth-order valence-electron chi connectivity index (χ4n) is 1.17. The Morgan fingerprint density at radius 1 is 1.67 bits per heavy atom. The highest BCUT2D eigenvalue weighted by Gasteiger charge is 2.09. The van der Waals surface area contributed by atoms with Gasteiger partial charge < -0.3 is 9.55 Å². The molecule has 0 fully saturated rings. The number of rotatable bonds is 0. The molecular weight excluding hydrogens is 161 g/mol. The van der Waals surface area contributed by atoms with E-state index in [2.05, 4.69) is 9.97 Å². The van der Waals surface area contributed by atoms with Crippen LogP contribution in [0.25, 0.3) is 11.0 Å². The van der Waals surface area contributed by atoms with Gasteiger partial charge in [0, 0.05) is 13.2 Å². The van der Waals surface area contributed by atoms with Crippen LogP contribution in [0.1, 0.15) is 0 Å². The maximum Gasteiger partial charge on any atom is 0.263 e. The monoisotopic (exact) mass is 167 g/mol. The predicted octanol–water partition coefficient (Wildman–Crippen LogP) is 0.401. The van der Waals surface area contributed by atoms with Crippen LogP contribution in [0, 0.1) is 5.82 Å². The summed E-state index contributed by atoms with van der Waals surface area (Å²) in [4.78, 5) is 17.2. The average molecular weight is 167 g/mol. The first-order valence-electron chi connectivity index (χ1n) is 3.38. The van der Waals surface area contributed by atoms with Crippen LogP contribution in [0.2, 0.25) is 0 Å². The van der Waals surface area contributed by atoms with Crippen molar-refractivity contribution < 1.29 is 4.39 Å². The number of aryl methyl sites for hydroxylation is 1. The molecule has 5 heteroatoms. The second-order valence-corrected chi connectivity index (χ2v) is 2.52. The minimum atomic E-state index is -0.540. The first-order valence-corrected chi connectivity index (χ1v) is 3.38. The topological polar surface area (TPSA) is 50.7 Å². The molecule has 0 unspecified atom stereocenters. The van der Waals surface area contributed by atoms with E-state index in [9.17, 15) is 9.18 Å². The first kappa shape index (κ1) is 7.02.